The summed E-state index contributed by atoms with van der Waals surface area (Å²) >= 11 is 0. The summed E-state index contributed by atoms with van der Waals surface area (Å²) in [6.45, 7) is 2.63. The van der Waals surface area contributed by atoms with Gasteiger partial charge in [-0.3, -0.25) is 40.6 Å². The SMILES string of the molecule is CCCC[C@@H](NC(=O)[C@@H](Cc1ccccc1)NC(=O)[C@H](N)Cc1ccccc1)C(=O)N[C@H](CCC[NH+]=C(N)N)C(=O)NCc1ccncc1. The molecule has 4 atom stereocenters. The van der Waals surface area contributed by atoms with Gasteiger partial charge in [0.25, 0.3) is 0 Å². The van der Waals surface area contributed by atoms with Crippen molar-refractivity contribution in [2.24, 2.45) is 17.2 Å². The fourth-order valence-corrected chi connectivity index (χ4v) is 5.14. The van der Waals surface area contributed by atoms with Gasteiger partial charge in [0.2, 0.25) is 23.6 Å². The fraction of sp³-hybridized carbons (Fsp3) is 0.389. The summed E-state index contributed by atoms with van der Waals surface area (Å²) in [7, 11) is 0. The molecule has 2 aromatic carbocycles. The third kappa shape index (κ3) is 14.2. The number of benzene rings is 2. The molecule has 262 valence electrons. The Bertz CT molecular complexity index is 1490. The van der Waals surface area contributed by atoms with Crippen LogP contribution < -0.4 is 43.5 Å². The number of pyridine rings is 1. The normalized spacial score (nSPS) is 13.2. The zero-order valence-electron chi connectivity index (χ0n) is 28.1. The van der Waals surface area contributed by atoms with Gasteiger partial charge < -0.3 is 27.0 Å². The first kappa shape index (κ1) is 38.2. The van der Waals surface area contributed by atoms with E-state index in [9.17, 15) is 19.2 Å². The lowest BCUT2D eigenvalue weighted by Crippen LogP contribution is -2.78. The maximum atomic E-state index is 13.8. The minimum Gasteiger partial charge on any atom is -0.350 e. The molecule has 0 aliphatic rings. The number of aromatic nitrogens is 1. The molecular formula is C36H50N9O4+. The molecular weight excluding hydrogens is 622 g/mol. The van der Waals surface area contributed by atoms with E-state index in [1.165, 1.54) is 0 Å². The van der Waals surface area contributed by atoms with Gasteiger partial charge in [0.15, 0.2) is 0 Å². The first-order valence-corrected chi connectivity index (χ1v) is 16.7. The molecule has 13 heteroatoms. The van der Waals surface area contributed by atoms with Gasteiger partial charge in [0.1, 0.15) is 18.1 Å². The van der Waals surface area contributed by atoms with Gasteiger partial charge in [-0.05, 0) is 54.5 Å². The standard InChI is InChI=1S/C36H49N9O4/c1-2-3-15-30(34(48)43-29(16-10-19-41-36(38)39)33(47)42-24-27-17-20-40-21-18-27)44-35(49)31(23-26-13-8-5-9-14-26)45-32(46)28(37)22-25-11-6-4-7-12-25/h4-9,11-14,17-18,20-21,28-31H,2-3,10,15-16,19,22-24,37H2,1H3,(H,42,47)(H,43,48)(H,44,49)(H,45,46)(H4,38,39,41)/p+1/t28-,29-,30-,31-/m1/s1. The number of nitrogens with one attached hydrogen (secondary N) is 5. The Labute approximate surface area is 287 Å². The zero-order valence-corrected chi connectivity index (χ0v) is 28.1. The number of carbonyl (C=O) groups is 4. The van der Waals surface area contributed by atoms with Gasteiger partial charge in [-0.25, -0.2) is 0 Å². The summed E-state index contributed by atoms with van der Waals surface area (Å²) in [6, 6.07) is 18.5. The molecule has 13 nitrogen and oxygen atoms in total. The van der Waals surface area contributed by atoms with Crippen LogP contribution in [0.3, 0.4) is 0 Å². The van der Waals surface area contributed by atoms with Gasteiger partial charge in [-0.1, -0.05) is 80.4 Å². The van der Waals surface area contributed by atoms with Crippen LogP contribution in [-0.4, -0.2) is 65.3 Å². The van der Waals surface area contributed by atoms with E-state index >= 15 is 0 Å². The van der Waals surface area contributed by atoms with Crippen molar-refractivity contribution in [3.05, 3.63) is 102 Å². The van der Waals surface area contributed by atoms with Crippen LogP contribution in [0.1, 0.15) is 55.7 Å². The van der Waals surface area contributed by atoms with Crippen molar-refractivity contribution in [1.29, 1.82) is 0 Å². The first-order valence-electron chi connectivity index (χ1n) is 16.7. The summed E-state index contributed by atoms with van der Waals surface area (Å²) in [4.78, 5) is 60.9. The Balaban J connectivity index is 1.75. The van der Waals surface area contributed by atoms with Crippen LogP contribution in [0.25, 0.3) is 0 Å². The summed E-state index contributed by atoms with van der Waals surface area (Å²) in [5, 5.41) is 11.4. The minimum atomic E-state index is -1.00. The monoisotopic (exact) mass is 672 g/mol. The van der Waals surface area contributed by atoms with Crippen LogP contribution in [0.15, 0.2) is 85.2 Å². The van der Waals surface area contributed by atoms with Crippen LogP contribution in [0.2, 0.25) is 0 Å². The van der Waals surface area contributed by atoms with E-state index in [4.69, 9.17) is 17.2 Å². The second kappa shape index (κ2) is 20.8. The van der Waals surface area contributed by atoms with Gasteiger partial charge in [0.05, 0.1) is 12.6 Å². The smallest absolute Gasteiger partial charge is 0.338 e. The Morgan fingerprint density at radius 1 is 0.673 bits per heavy atom. The average molecular weight is 673 g/mol. The second-order valence-electron chi connectivity index (χ2n) is 11.9. The van der Waals surface area contributed by atoms with E-state index in [0.29, 0.717) is 32.2 Å². The molecule has 0 radical (unpaired) electrons. The molecule has 3 aromatic rings. The number of carbonyl (C=O) groups excluding carboxylic acids is 4. The zero-order chi connectivity index (χ0) is 35.4. The lowest BCUT2D eigenvalue weighted by atomic mass is 10.0. The molecule has 0 fully saturated rings. The quantitative estimate of drug-likeness (QED) is 0.0434. The lowest BCUT2D eigenvalue weighted by Gasteiger charge is -2.26. The van der Waals surface area contributed by atoms with E-state index in [1.54, 1.807) is 24.5 Å². The summed E-state index contributed by atoms with van der Waals surface area (Å²) in [5.41, 5.74) is 19.8. The minimum absolute atomic E-state index is 0.0586. The largest absolute Gasteiger partial charge is 0.350 e. The third-order valence-electron chi connectivity index (χ3n) is 7.88. The van der Waals surface area contributed by atoms with Crippen LogP contribution in [0.4, 0.5) is 0 Å². The van der Waals surface area contributed by atoms with E-state index < -0.39 is 41.9 Å². The number of hydrogen-bond acceptors (Lipinski definition) is 6. The second-order valence-corrected chi connectivity index (χ2v) is 11.9. The highest BCUT2D eigenvalue weighted by Crippen LogP contribution is 2.09. The molecule has 3 rings (SSSR count). The number of amides is 4. The van der Waals surface area contributed by atoms with E-state index in [-0.39, 0.29) is 31.3 Å². The third-order valence-corrected chi connectivity index (χ3v) is 7.88. The molecule has 4 amide bonds. The predicted molar refractivity (Wildman–Crippen MR) is 188 cm³/mol. The number of nitrogens with two attached hydrogens (primary N) is 3. The molecule has 0 saturated heterocycles. The molecule has 49 heavy (non-hydrogen) atoms. The molecule has 0 aliphatic carbocycles. The van der Waals surface area contributed by atoms with E-state index in [2.05, 4.69) is 31.2 Å². The average Bonchev–Trinajstić information content (AvgIpc) is 3.10. The van der Waals surface area contributed by atoms with Crippen LogP contribution >= 0.6 is 0 Å². The van der Waals surface area contributed by atoms with Crippen molar-refractivity contribution in [3.8, 4) is 0 Å². The first-order chi connectivity index (χ1) is 23.7. The van der Waals surface area contributed by atoms with Crippen molar-refractivity contribution in [2.45, 2.75) is 82.6 Å². The van der Waals surface area contributed by atoms with E-state index in [1.807, 2.05) is 67.6 Å². The number of hydrogen-bond donors (Lipinski definition) is 8. The highest BCUT2D eigenvalue weighted by Gasteiger charge is 2.30. The van der Waals surface area contributed by atoms with Crippen LogP contribution in [0, 0.1) is 0 Å². The summed E-state index contributed by atoms with van der Waals surface area (Å²) < 4.78 is 0. The Morgan fingerprint density at radius 3 is 1.80 bits per heavy atom. The number of rotatable bonds is 20. The molecule has 11 N–H and O–H groups in total. The Hall–Kier alpha value is -5.30. The maximum Gasteiger partial charge on any atom is 0.338 e. The number of nitrogens with zero attached hydrogens (tertiary/aromatic N) is 1. The highest BCUT2D eigenvalue weighted by molar-refractivity contribution is 5.95. The van der Waals surface area contributed by atoms with Gasteiger partial charge >= 0.3 is 5.96 Å². The van der Waals surface area contributed by atoms with Gasteiger partial charge in [-0.2, -0.15) is 0 Å². The van der Waals surface area contributed by atoms with Crippen molar-refractivity contribution >= 4 is 29.6 Å². The van der Waals surface area contributed by atoms with Crippen molar-refractivity contribution in [2.75, 3.05) is 6.54 Å². The molecule has 1 heterocycles. The molecule has 0 aliphatic heterocycles. The van der Waals surface area contributed by atoms with Crippen LogP contribution in [0.5, 0.6) is 0 Å². The summed E-state index contributed by atoms with van der Waals surface area (Å²) in [5.74, 6) is -1.84. The highest BCUT2D eigenvalue weighted by atomic mass is 16.2. The predicted octanol–water partition coefficient (Wildman–Crippen LogP) is -0.711. The van der Waals surface area contributed by atoms with Crippen LogP contribution in [-0.2, 0) is 38.6 Å². The van der Waals surface area contributed by atoms with Gasteiger partial charge in [0, 0.05) is 25.4 Å². The molecule has 1 aromatic heterocycles. The molecule has 0 unspecified atom stereocenters. The topological polar surface area (TPSA) is 221 Å². The Kier molecular flexibility index (Phi) is 16.2. The van der Waals surface area contributed by atoms with Crippen molar-refractivity contribution < 1.29 is 24.2 Å². The fourth-order valence-electron chi connectivity index (χ4n) is 5.14. The van der Waals surface area contributed by atoms with Crippen molar-refractivity contribution in [1.82, 2.24) is 26.3 Å². The maximum absolute atomic E-state index is 13.8. The number of guanidine groups is 1. The molecule has 0 saturated carbocycles. The van der Waals surface area contributed by atoms with Gasteiger partial charge in [-0.15, -0.1) is 0 Å². The number of unbranched alkanes of at least 4 members (excludes halogenated alkanes) is 1. The Morgan fingerprint density at radius 2 is 1.20 bits per heavy atom. The summed E-state index contributed by atoms with van der Waals surface area (Å²) in [6.07, 6.45) is 6.26. The lowest BCUT2D eigenvalue weighted by molar-refractivity contribution is -0.459. The van der Waals surface area contributed by atoms with E-state index in [0.717, 1.165) is 23.1 Å². The molecule has 0 bridgehead atoms. The molecule has 0 spiro atoms. The van der Waals surface area contributed by atoms with Crippen molar-refractivity contribution in [3.63, 3.8) is 0 Å².